The predicted octanol–water partition coefficient (Wildman–Crippen LogP) is 2.11. The summed E-state index contributed by atoms with van der Waals surface area (Å²) in [5.74, 6) is 2.06. The summed E-state index contributed by atoms with van der Waals surface area (Å²) in [5.41, 5.74) is 0. The third-order valence-corrected chi connectivity index (χ3v) is 3.82. The maximum absolute atomic E-state index is 5.62. The fourth-order valence-electron chi connectivity index (χ4n) is 2.02. The zero-order chi connectivity index (χ0) is 14.5. The van der Waals surface area contributed by atoms with Gasteiger partial charge in [-0.3, -0.25) is 4.99 Å². The molecule has 2 N–H and O–H groups in total. The minimum atomic E-state index is 0. The van der Waals surface area contributed by atoms with Gasteiger partial charge in [0.25, 0.3) is 0 Å². The molecule has 0 bridgehead atoms. The molecule has 0 spiro atoms. The highest BCUT2D eigenvalue weighted by molar-refractivity contribution is 14.0. The second-order valence-electron chi connectivity index (χ2n) is 4.84. The Labute approximate surface area is 150 Å². The summed E-state index contributed by atoms with van der Waals surface area (Å²) < 4.78 is 11.1. The average Bonchev–Trinajstić information content (AvgIpc) is 2.98. The van der Waals surface area contributed by atoms with Crippen LogP contribution in [0, 0.1) is 0 Å². The highest BCUT2D eigenvalue weighted by atomic mass is 127. The monoisotopic (exact) mass is 431 g/mol. The maximum Gasteiger partial charge on any atom is 0.190 e. The zero-order valence-corrected chi connectivity index (χ0v) is 16.4. The number of nitrogens with zero attached hydrogens (tertiary/aromatic N) is 1. The summed E-state index contributed by atoms with van der Waals surface area (Å²) in [7, 11) is 1.80. The van der Waals surface area contributed by atoms with Crippen molar-refractivity contribution in [3.05, 3.63) is 0 Å². The number of hydrogen-bond donors (Lipinski definition) is 2. The van der Waals surface area contributed by atoms with Gasteiger partial charge in [0.2, 0.25) is 0 Å². The number of rotatable bonds is 10. The molecule has 1 heterocycles. The normalized spacial score (nSPS) is 18.4. The molecule has 126 valence electrons. The van der Waals surface area contributed by atoms with E-state index in [4.69, 9.17) is 9.47 Å². The van der Waals surface area contributed by atoms with Crippen LogP contribution in [-0.4, -0.2) is 64.0 Å². The topological polar surface area (TPSA) is 54.9 Å². The van der Waals surface area contributed by atoms with Crippen molar-refractivity contribution in [3.8, 4) is 0 Å². The largest absolute Gasteiger partial charge is 0.379 e. The van der Waals surface area contributed by atoms with Gasteiger partial charge in [0.15, 0.2) is 5.96 Å². The van der Waals surface area contributed by atoms with Crippen LogP contribution in [0.4, 0.5) is 0 Å². The van der Waals surface area contributed by atoms with Gasteiger partial charge in [-0.05, 0) is 37.7 Å². The Kier molecular flexibility index (Phi) is 15.4. The maximum atomic E-state index is 5.62. The van der Waals surface area contributed by atoms with Gasteiger partial charge in [0, 0.05) is 33.4 Å². The smallest absolute Gasteiger partial charge is 0.190 e. The highest BCUT2D eigenvalue weighted by Crippen LogP contribution is 2.11. The van der Waals surface area contributed by atoms with E-state index in [0.29, 0.717) is 6.10 Å². The fourth-order valence-corrected chi connectivity index (χ4v) is 2.45. The molecule has 1 unspecified atom stereocenters. The molecule has 0 aromatic carbocycles. The average molecular weight is 431 g/mol. The van der Waals surface area contributed by atoms with Gasteiger partial charge in [0.1, 0.15) is 0 Å². The minimum absolute atomic E-state index is 0. The molecule has 1 atom stereocenters. The third kappa shape index (κ3) is 11.5. The van der Waals surface area contributed by atoms with E-state index >= 15 is 0 Å². The van der Waals surface area contributed by atoms with Gasteiger partial charge < -0.3 is 20.1 Å². The lowest BCUT2D eigenvalue weighted by atomic mass is 10.2. The van der Waals surface area contributed by atoms with E-state index in [2.05, 4.69) is 21.9 Å². The number of guanidine groups is 1. The van der Waals surface area contributed by atoms with Crippen LogP contribution in [-0.2, 0) is 9.47 Å². The lowest BCUT2D eigenvalue weighted by molar-refractivity contribution is 0.0168. The number of aliphatic imine (C=N–C) groups is 1. The Morgan fingerprint density at radius 1 is 1.33 bits per heavy atom. The second-order valence-corrected chi connectivity index (χ2v) is 5.82. The van der Waals surface area contributed by atoms with Gasteiger partial charge in [-0.1, -0.05) is 0 Å². The second kappa shape index (κ2) is 15.2. The Morgan fingerprint density at radius 3 is 2.71 bits per heavy atom. The molecular weight excluding hydrogens is 401 g/mol. The van der Waals surface area contributed by atoms with Gasteiger partial charge >= 0.3 is 0 Å². The molecular formula is C14H30IN3O2S. The van der Waals surface area contributed by atoms with E-state index < -0.39 is 0 Å². The molecule has 0 amide bonds. The Morgan fingerprint density at radius 2 is 2.10 bits per heavy atom. The van der Waals surface area contributed by atoms with Crippen LogP contribution in [0.25, 0.3) is 0 Å². The van der Waals surface area contributed by atoms with E-state index in [1.54, 1.807) is 7.05 Å². The molecule has 1 rings (SSSR count). The molecule has 7 heteroatoms. The van der Waals surface area contributed by atoms with Crippen LogP contribution in [0.5, 0.6) is 0 Å². The molecule has 1 aliphatic heterocycles. The summed E-state index contributed by atoms with van der Waals surface area (Å²) in [6, 6.07) is 0. The summed E-state index contributed by atoms with van der Waals surface area (Å²) in [4.78, 5) is 4.19. The molecule has 1 fully saturated rings. The molecule has 0 saturated carbocycles. The van der Waals surface area contributed by atoms with Crippen molar-refractivity contribution in [1.29, 1.82) is 0 Å². The SMILES string of the molecule is CN=C(NCCCOCC1CCCO1)NCCCSC.I. The van der Waals surface area contributed by atoms with Crippen LogP contribution in [0.1, 0.15) is 25.7 Å². The number of thioether (sulfide) groups is 1. The minimum Gasteiger partial charge on any atom is -0.379 e. The number of ether oxygens (including phenoxy) is 2. The first-order valence-electron chi connectivity index (χ1n) is 7.49. The van der Waals surface area contributed by atoms with Crippen molar-refractivity contribution in [1.82, 2.24) is 10.6 Å². The third-order valence-electron chi connectivity index (χ3n) is 3.13. The standard InChI is InChI=1S/C14H29N3O2S.HI/c1-15-14(17-8-5-11-20-2)16-7-4-9-18-12-13-6-3-10-19-13;/h13H,3-12H2,1-2H3,(H2,15,16,17);1H. The van der Waals surface area contributed by atoms with Crippen LogP contribution in [0.3, 0.4) is 0 Å². The van der Waals surface area contributed by atoms with E-state index in [1.165, 1.54) is 12.2 Å². The molecule has 1 saturated heterocycles. The number of nitrogens with one attached hydrogen (secondary N) is 2. The quantitative estimate of drug-likeness (QED) is 0.240. The van der Waals surface area contributed by atoms with Gasteiger partial charge in [-0.15, -0.1) is 24.0 Å². The summed E-state index contributed by atoms with van der Waals surface area (Å²) in [5, 5.41) is 6.60. The van der Waals surface area contributed by atoms with E-state index in [9.17, 15) is 0 Å². The first-order chi connectivity index (χ1) is 9.86. The van der Waals surface area contributed by atoms with Crippen molar-refractivity contribution in [2.75, 3.05) is 52.0 Å². The first-order valence-corrected chi connectivity index (χ1v) is 8.89. The van der Waals surface area contributed by atoms with Crippen LogP contribution < -0.4 is 10.6 Å². The molecule has 0 radical (unpaired) electrons. The summed E-state index contributed by atoms with van der Waals surface area (Å²) >= 11 is 1.87. The van der Waals surface area contributed by atoms with Crippen molar-refractivity contribution in [2.24, 2.45) is 4.99 Å². The summed E-state index contributed by atoms with van der Waals surface area (Å²) in [6.07, 6.45) is 6.92. The van der Waals surface area contributed by atoms with Gasteiger partial charge in [0.05, 0.1) is 12.7 Å². The lowest BCUT2D eigenvalue weighted by Crippen LogP contribution is -2.38. The highest BCUT2D eigenvalue weighted by Gasteiger charge is 2.14. The van der Waals surface area contributed by atoms with Crippen LogP contribution in [0.15, 0.2) is 4.99 Å². The van der Waals surface area contributed by atoms with Crippen LogP contribution in [0.2, 0.25) is 0 Å². The predicted molar refractivity (Wildman–Crippen MR) is 102 cm³/mol. The van der Waals surface area contributed by atoms with E-state index in [-0.39, 0.29) is 24.0 Å². The molecule has 0 aromatic rings. The molecule has 21 heavy (non-hydrogen) atoms. The number of hydrogen-bond acceptors (Lipinski definition) is 4. The van der Waals surface area contributed by atoms with Crippen LogP contribution >= 0.6 is 35.7 Å². The Hall–Kier alpha value is 0.270. The van der Waals surface area contributed by atoms with Crippen molar-refractivity contribution in [2.45, 2.75) is 31.8 Å². The van der Waals surface area contributed by atoms with Crippen molar-refractivity contribution >= 4 is 41.7 Å². The van der Waals surface area contributed by atoms with Crippen molar-refractivity contribution in [3.63, 3.8) is 0 Å². The van der Waals surface area contributed by atoms with Gasteiger partial charge in [-0.25, -0.2) is 0 Å². The summed E-state index contributed by atoms with van der Waals surface area (Å²) in [6.45, 7) is 4.26. The lowest BCUT2D eigenvalue weighted by Gasteiger charge is -2.12. The van der Waals surface area contributed by atoms with Crippen molar-refractivity contribution < 1.29 is 9.47 Å². The number of halogens is 1. The molecule has 5 nitrogen and oxygen atoms in total. The zero-order valence-electron chi connectivity index (χ0n) is 13.2. The Balaban J connectivity index is 0.00000400. The van der Waals surface area contributed by atoms with E-state index in [0.717, 1.165) is 58.1 Å². The molecule has 1 aliphatic rings. The van der Waals surface area contributed by atoms with Gasteiger partial charge in [-0.2, -0.15) is 11.8 Å². The first kappa shape index (κ1) is 21.3. The Bertz CT molecular complexity index is 265. The fraction of sp³-hybridized carbons (Fsp3) is 0.929. The molecule has 0 aliphatic carbocycles. The molecule has 0 aromatic heterocycles. The van der Waals surface area contributed by atoms with E-state index in [1.807, 2.05) is 11.8 Å².